The summed E-state index contributed by atoms with van der Waals surface area (Å²) < 4.78 is 0. The summed E-state index contributed by atoms with van der Waals surface area (Å²) in [5.74, 6) is 0. The third kappa shape index (κ3) is 5.34. The van der Waals surface area contributed by atoms with Crippen LogP contribution in [-0.2, 0) is 6.42 Å². The lowest BCUT2D eigenvalue weighted by atomic mass is 10.0. The molecule has 0 aliphatic heterocycles. The molecule has 1 rings (SSSR count). The number of unbranched alkanes of at least 4 members (excludes halogenated alkanes) is 4. The lowest BCUT2D eigenvalue weighted by Gasteiger charge is -2.03. The Kier molecular flexibility index (Phi) is 6.96. The average Bonchev–Trinajstić information content (AvgIpc) is 2.32. The smallest absolute Gasteiger partial charge is 0.00931 e. The van der Waals surface area contributed by atoms with Crippen molar-refractivity contribution in [1.29, 1.82) is 0 Å². The van der Waals surface area contributed by atoms with E-state index >= 15 is 0 Å². The SMILES string of the molecule is CCCC[CH]c1ccc(CCCCC)cc1. The molecule has 0 N–H and O–H groups in total. The quantitative estimate of drug-likeness (QED) is 0.527. The molecule has 0 nitrogen and oxygen atoms in total. The van der Waals surface area contributed by atoms with Crippen molar-refractivity contribution in [1.82, 2.24) is 0 Å². The van der Waals surface area contributed by atoms with Gasteiger partial charge < -0.3 is 0 Å². The van der Waals surface area contributed by atoms with Gasteiger partial charge in [0.05, 0.1) is 0 Å². The van der Waals surface area contributed by atoms with E-state index in [1.165, 1.54) is 56.1 Å². The first-order chi connectivity index (χ1) is 7.86. The van der Waals surface area contributed by atoms with Gasteiger partial charge in [-0.1, -0.05) is 63.8 Å². The zero-order chi connectivity index (χ0) is 11.6. The highest BCUT2D eigenvalue weighted by Gasteiger charge is 1.95. The molecule has 0 aromatic heterocycles. The summed E-state index contributed by atoms with van der Waals surface area (Å²) in [5, 5.41) is 0. The monoisotopic (exact) mass is 217 g/mol. The molecule has 0 spiro atoms. The summed E-state index contributed by atoms with van der Waals surface area (Å²) in [5.41, 5.74) is 2.87. The van der Waals surface area contributed by atoms with Gasteiger partial charge in [-0.2, -0.15) is 0 Å². The molecule has 1 aromatic rings. The second-order valence-electron chi connectivity index (χ2n) is 4.55. The molecule has 1 aromatic carbocycles. The van der Waals surface area contributed by atoms with Crippen molar-refractivity contribution in [2.45, 2.75) is 58.8 Å². The highest BCUT2D eigenvalue weighted by Crippen LogP contribution is 2.12. The minimum absolute atomic E-state index is 1.21. The first-order valence-corrected chi connectivity index (χ1v) is 6.79. The fourth-order valence-electron chi connectivity index (χ4n) is 1.87. The number of aryl methyl sites for hydroxylation is 1. The molecule has 89 valence electrons. The fraction of sp³-hybridized carbons (Fsp3) is 0.562. The van der Waals surface area contributed by atoms with Crippen LogP contribution < -0.4 is 0 Å². The lowest BCUT2D eigenvalue weighted by Crippen LogP contribution is -1.87. The van der Waals surface area contributed by atoms with Crippen molar-refractivity contribution in [3.8, 4) is 0 Å². The third-order valence-corrected chi connectivity index (χ3v) is 2.99. The first kappa shape index (κ1) is 13.3. The maximum Gasteiger partial charge on any atom is -0.00931 e. The van der Waals surface area contributed by atoms with Crippen LogP contribution in [0.15, 0.2) is 24.3 Å². The molecule has 1 radical (unpaired) electrons. The topological polar surface area (TPSA) is 0 Å². The summed E-state index contributed by atoms with van der Waals surface area (Å²) in [6.45, 7) is 4.50. The summed E-state index contributed by atoms with van der Waals surface area (Å²) in [6.07, 6.45) is 11.4. The molecule has 0 amide bonds. The Morgan fingerprint density at radius 1 is 0.875 bits per heavy atom. The van der Waals surface area contributed by atoms with Crippen LogP contribution in [0, 0.1) is 6.42 Å². The Hall–Kier alpha value is -0.780. The molecule has 0 unspecified atom stereocenters. The van der Waals surface area contributed by atoms with Gasteiger partial charge in [-0.15, -0.1) is 0 Å². The molecule has 0 atom stereocenters. The van der Waals surface area contributed by atoms with Crippen molar-refractivity contribution in [2.24, 2.45) is 0 Å². The van der Waals surface area contributed by atoms with Gasteiger partial charge in [0.15, 0.2) is 0 Å². The van der Waals surface area contributed by atoms with Gasteiger partial charge in [-0.3, -0.25) is 0 Å². The van der Waals surface area contributed by atoms with E-state index in [0.717, 1.165) is 0 Å². The Balaban J connectivity index is 2.30. The summed E-state index contributed by atoms with van der Waals surface area (Å²) in [6, 6.07) is 9.09. The van der Waals surface area contributed by atoms with Gasteiger partial charge in [-0.25, -0.2) is 0 Å². The maximum absolute atomic E-state index is 2.35. The Labute approximate surface area is 101 Å². The van der Waals surface area contributed by atoms with Crippen LogP contribution in [0.2, 0.25) is 0 Å². The number of hydrogen-bond donors (Lipinski definition) is 0. The van der Waals surface area contributed by atoms with Gasteiger partial charge >= 0.3 is 0 Å². The molecule has 0 saturated heterocycles. The molecule has 16 heavy (non-hydrogen) atoms. The molecule has 0 saturated carbocycles. The van der Waals surface area contributed by atoms with Crippen molar-refractivity contribution in [3.05, 3.63) is 41.8 Å². The minimum Gasteiger partial charge on any atom is -0.0654 e. The molecule has 0 heterocycles. The van der Waals surface area contributed by atoms with E-state index in [4.69, 9.17) is 0 Å². The third-order valence-electron chi connectivity index (χ3n) is 2.99. The van der Waals surface area contributed by atoms with Gasteiger partial charge in [0.2, 0.25) is 0 Å². The van der Waals surface area contributed by atoms with Gasteiger partial charge in [0.25, 0.3) is 0 Å². The fourth-order valence-corrected chi connectivity index (χ4v) is 1.87. The van der Waals surface area contributed by atoms with Crippen molar-refractivity contribution >= 4 is 0 Å². The molecule has 0 fully saturated rings. The minimum atomic E-state index is 1.21. The highest BCUT2D eigenvalue weighted by molar-refractivity contribution is 5.27. The largest absolute Gasteiger partial charge is 0.0654 e. The van der Waals surface area contributed by atoms with Gasteiger partial charge in [-0.05, 0) is 36.8 Å². The summed E-state index contributed by atoms with van der Waals surface area (Å²) >= 11 is 0. The van der Waals surface area contributed by atoms with E-state index in [2.05, 4.69) is 44.5 Å². The zero-order valence-electron chi connectivity index (χ0n) is 10.8. The molecule has 0 heteroatoms. The van der Waals surface area contributed by atoms with Crippen molar-refractivity contribution in [3.63, 3.8) is 0 Å². The van der Waals surface area contributed by atoms with E-state index in [1.54, 1.807) is 0 Å². The van der Waals surface area contributed by atoms with Gasteiger partial charge in [0, 0.05) is 0 Å². The van der Waals surface area contributed by atoms with Crippen LogP contribution in [0.1, 0.15) is 63.5 Å². The van der Waals surface area contributed by atoms with Crippen LogP contribution in [0.3, 0.4) is 0 Å². The highest BCUT2D eigenvalue weighted by atomic mass is 14.0. The summed E-state index contributed by atoms with van der Waals surface area (Å²) in [4.78, 5) is 0. The van der Waals surface area contributed by atoms with Crippen LogP contribution in [0.4, 0.5) is 0 Å². The van der Waals surface area contributed by atoms with E-state index in [1.807, 2.05) is 0 Å². The Morgan fingerprint density at radius 2 is 1.56 bits per heavy atom. The second-order valence-corrected chi connectivity index (χ2v) is 4.55. The molecular formula is C16H25. The predicted octanol–water partition coefficient (Wildman–Crippen LogP) is 5.16. The van der Waals surface area contributed by atoms with Gasteiger partial charge in [0.1, 0.15) is 0 Å². The van der Waals surface area contributed by atoms with Crippen molar-refractivity contribution in [2.75, 3.05) is 0 Å². The molecule has 0 aliphatic rings. The second kappa shape index (κ2) is 8.38. The van der Waals surface area contributed by atoms with Crippen LogP contribution >= 0.6 is 0 Å². The van der Waals surface area contributed by atoms with E-state index in [9.17, 15) is 0 Å². The number of benzene rings is 1. The van der Waals surface area contributed by atoms with E-state index < -0.39 is 0 Å². The summed E-state index contributed by atoms with van der Waals surface area (Å²) in [7, 11) is 0. The van der Waals surface area contributed by atoms with Crippen molar-refractivity contribution < 1.29 is 0 Å². The van der Waals surface area contributed by atoms with E-state index in [-0.39, 0.29) is 0 Å². The number of rotatable bonds is 8. The molecular weight excluding hydrogens is 192 g/mol. The molecule has 0 bridgehead atoms. The van der Waals surface area contributed by atoms with E-state index in [0.29, 0.717) is 0 Å². The average molecular weight is 217 g/mol. The predicted molar refractivity (Wildman–Crippen MR) is 72.6 cm³/mol. The van der Waals surface area contributed by atoms with Crippen LogP contribution in [0.25, 0.3) is 0 Å². The lowest BCUT2D eigenvalue weighted by molar-refractivity contribution is 0.717. The number of hydrogen-bond acceptors (Lipinski definition) is 0. The normalized spacial score (nSPS) is 10.6. The zero-order valence-corrected chi connectivity index (χ0v) is 10.8. The van der Waals surface area contributed by atoms with Crippen LogP contribution in [0.5, 0.6) is 0 Å². The standard InChI is InChI=1S/C16H25/c1-3-5-7-9-15-11-13-16(14-12-15)10-8-6-4-2/h9,11-14H,3-8,10H2,1-2H3. The first-order valence-electron chi connectivity index (χ1n) is 6.79. The Morgan fingerprint density at radius 3 is 2.19 bits per heavy atom. The maximum atomic E-state index is 2.35. The van der Waals surface area contributed by atoms with Crippen LogP contribution in [-0.4, -0.2) is 0 Å². The Bertz CT molecular complexity index is 229. The molecule has 0 aliphatic carbocycles.